The Kier molecular flexibility index (Phi) is 20.8. The van der Waals surface area contributed by atoms with E-state index in [1.807, 2.05) is 0 Å². The van der Waals surface area contributed by atoms with Crippen molar-refractivity contribution in [2.45, 2.75) is 142 Å². The molecule has 0 aliphatic carbocycles. The van der Waals surface area contributed by atoms with Crippen molar-refractivity contribution in [1.82, 2.24) is 19.5 Å². The molecular formula is C32H60N5O6P. The number of fused-ring (bicyclic) bond motifs is 1. The van der Waals surface area contributed by atoms with E-state index in [0.717, 1.165) is 12.8 Å². The number of unbranched alkanes of at least 4 members (excludes halogenated alkanes) is 13. The molecule has 12 heteroatoms. The zero-order valence-electron chi connectivity index (χ0n) is 27.7. The largest absolute Gasteiger partial charge is 0.396 e. The number of hydrogen-bond acceptors (Lipinski definition) is 10. The number of hydrogen-bond donors (Lipinski definition) is 2. The summed E-state index contributed by atoms with van der Waals surface area (Å²) in [6.45, 7) is 7.05. The maximum atomic E-state index is 13.3. The van der Waals surface area contributed by atoms with Crippen molar-refractivity contribution in [2.75, 3.05) is 38.5 Å². The molecule has 0 saturated carbocycles. The second-order valence-corrected chi connectivity index (χ2v) is 13.7. The van der Waals surface area contributed by atoms with Gasteiger partial charge >= 0.3 is 7.60 Å². The van der Waals surface area contributed by atoms with Gasteiger partial charge in [0.05, 0.1) is 44.9 Å². The Labute approximate surface area is 265 Å². The van der Waals surface area contributed by atoms with Crippen LogP contribution in [-0.2, 0) is 29.6 Å². The molecule has 3 N–H and O–H groups in total. The minimum atomic E-state index is -3.51. The van der Waals surface area contributed by atoms with Crippen molar-refractivity contribution in [3.63, 3.8) is 0 Å². The first kappa shape index (κ1) is 38.6. The zero-order valence-corrected chi connectivity index (χ0v) is 28.6. The molecule has 0 radical (unpaired) electrons. The lowest BCUT2D eigenvalue weighted by atomic mass is 10.0. The van der Waals surface area contributed by atoms with Gasteiger partial charge in [-0.25, -0.2) is 15.0 Å². The first-order valence-electron chi connectivity index (χ1n) is 17.1. The lowest BCUT2D eigenvalue weighted by molar-refractivity contribution is 0.0206. The second kappa shape index (κ2) is 23.7. The quantitative estimate of drug-likeness (QED) is 0.0671. The average Bonchev–Trinajstić information content (AvgIpc) is 3.42. The van der Waals surface area contributed by atoms with E-state index in [9.17, 15) is 9.67 Å². The van der Waals surface area contributed by atoms with Crippen molar-refractivity contribution < 1.29 is 28.2 Å². The van der Waals surface area contributed by atoms with Crippen LogP contribution in [0.15, 0.2) is 12.7 Å². The SMILES string of the molecule is CCCCCCCCCCCCCCCCC(C)OCCOP(=O)(COC(CCO)Cn1cnc2c(N)ncnc21)OCC. The minimum absolute atomic E-state index is 0.0980. The van der Waals surface area contributed by atoms with Crippen LogP contribution in [0.25, 0.3) is 11.2 Å². The molecule has 44 heavy (non-hydrogen) atoms. The maximum absolute atomic E-state index is 13.3. The van der Waals surface area contributed by atoms with Crippen molar-refractivity contribution in [1.29, 1.82) is 0 Å². The van der Waals surface area contributed by atoms with Crippen LogP contribution in [0.2, 0.25) is 0 Å². The highest BCUT2D eigenvalue weighted by atomic mass is 31.2. The molecule has 0 fully saturated rings. The van der Waals surface area contributed by atoms with Crippen LogP contribution < -0.4 is 5.73 Å². The fourth-order valence-corrected chi connectivity index (χ4v) is 6.63. The molecule has 11 nitrogen and oxygen atoms in total. The van der Waals surface area contributed by atoms with Crippen molar-refractivity contribution in [3.05, 3.63) is 12.7 Å². The third-order valence-corrected chi connectivity index (χ3v) is 9.51. The number of anilines is 1. The third-order valence-electron chi connectivity index (χ3n) is 7.81. The molecule has 0 saturated heterocycles. The number of ether oxygens (including phenoxy) is 2. The van der Waals surface area contributed by atoms with Crippen LogP contribution in [0.1, 0.15) is 124 Å². The van der Waals surface area contributed by atoms with Crippen LogP contribution in [0.4, 0.5) is 5.82 Å². The predicted octanol–water partition coefficient (Wildman–Crippen LogP) is 7.66. The fourth-order valence-electron chi connectivity index (χ4n) is 5.26. The van der Waals surface area contributed by atoms with Gasteiger partial charge in [0, 0.05) is 6.61 Å². The highest BCUT2D eigenvalue weighted by molar-refractivity contribution is 7.53. The lowest BCUT2D eigenvalue weighted by Gasteiger charge is -2.23. The zero-order chi connectivity index (χ0) is 31.9. The number of aromatic nitrogens is 4. The van der Waals surface area contributed by atoms with E-state index in [1.165, 1.54) is 89.8 Å². The minimum Gasteiger partial charge on any atom is -0.396 e. The molecule has 3 atom stereocenters. The lowest BCUT2D eigenvalue weighted by Crippen LogP contribution is -2.23. The molecule has 0 bridgehead atoms. The Balaban J connectivity index is 1.57. The smallest absolute Gasteiger partial charge is 0.356 e. The summed E-state index contributed by atoms with van der Waals surface area (Å²) >= 11 is 0. The molecule has 0 aliphatic rings. The van der Waals surface area contributed by atoms with Gasteiger partial charge in [-0.15, -0.1) is 0 Å². The van der Waals surface area contributed by atoms with Gasteiger partial charge in [-0.2, -0.15) is 0 Å². The summed E-state index contributed by atoms with van der Waals surface area (Å²) in [7, 11) is -3.51. The van der Waals surface area contributed by atoms with E-state index in [2.05, 4.69) is 28.8 Å². The van der Waals surface area contributed by atoms with Gasteiger partial charge in [0.1, 0.15) is 18.2 Å². The Morgan fingerprint density at radius 2 is 1.48 bits per heavy atom. The molecule has 3 unspecified atom stereocenters. The molecule has 2 aromatic rings. The van der Waals surface area contributed by atoms with E-state index in [0.29, 0.717) is 36.6 Å². The first-order chi connectivity index (χ1) is 21.4. The molecule has 0 amide bonds. The average molecular weight is 642 g/mol. The molecule has 2 rings (SSSR count). The normalized spacial score (nSPS) is 14.6. The van der Waals surface area contributed by atoms with Gasteiger partial charge < -0.3 is 33.9 Å². The molecule has 0 aliphatic heterocycles. The number of nitrogens with two attached hydrogens (primary N) is 1. The van der Waals surface area contributed by atoms with Gasteiger partial charge in [-0.3, -0.25) is 4.57 Å². The summed E-state index contributed by atoms with van der Waals surface area (Å²) in [6.07, 6.45) is 22.6. The molecular weight excluding hydrogens is 581 g/mol. The van der Waals surface area contributed by atoms with E-state index in [-0.39, 0.29) is 32.3 Å². The Bertz CT molecular complexity index is 1040. The Hall–Kier alpha value is -1.62. The van der Waals surface area contributed by atoms with Crippen molar-refractivity contribution >= 4 is 24.6 Å². The number of nitrogens with zero attached hydrogens (tertiary/aromatic N) is 4. The van der Waals surface area contributed by atoms with Gasteiger partial charge in [-0.05, 0) is 26.7 Å². The standard InChI is InChI=1S/C32H60N5O6P/c1-4-6-7-8-9-10-11-12-13-14-15-16-17-18-19-28(3)40-22-23-43-44(39,42-5-2)27-41-29(20-21-38)24-37-26-36-30-31(33)34-25-35-32(30)37/h25-26,28-29,38H,4-24,27H2,1-3H3,(H2,33,34,35). The molecule has 2 aromatic heterocycles. The van der Waals surface area contributed by atoms with Gasteiger partial charge in [0.15, 0.2) is 11.5 Å². The topological polar surface area (TPSA) is 144 Å². The van der Waals surface area contributed by atoms with Crippen molar-refractivity contribution in [3.8, 4) is 0 Å². The summed E-state index contributed by atoms with van der Waals surface area (Å²) in [6, 6.07) is 0. The van der Waals surface area contributed by atoms with E-state index >= 15 is 0 Å². The summed E-state index contributed by atoms with van der Waals surface area (Å²) < 4.78 is 38.0. The fraction of sp³-hybridized carbons (Fsp3) is 0.844. The summed E-state index contributed by atoms with van der Waals surface area (Å²) in [5, 5.41) is 9.56. The van der Waals surface area contributed by atoms with Crippen LogP contribution in [-0.4, -0.2) is 69.6 Å². The number of nitrogen functional groups attached to an aromatic ring is 1. The number of imidazole rings is 1. The predicted molar refractivity (Wildman–Crippen MR) is 177 cm³/mol. The molecule has 2 heterocycles. The molecule has 254 valence electrons. The number of aliphatic hydroxyl groups excluding tert-OH is 1. The Morgan fingerprint density at radius 1 is 0.841 bits per heavy atom. The van der Waals surface area contributed by atoms with Gasteiger partial charge in [0.2, 0.25) is 0 Å². The molecule has 0 spiro atoms. The highest BCUT2D eigenvalue weighted by Gasteiger charge is 2.27. The van der Waals surface area contributed by atoms with E-state index < -0.39 is 13.7 Å². The summed E-state index contributed by atoms with van der Waals surface area (Å²) in [4.78, 5) is 12.5. The number of rotatable bonds is 29. The van der Waals surface area contributed by atoms with Crippen LogP contribution in [0.5, 0.6) is 0 Å². The van der Waals surface area contributed by atoms with Crippen molar-refractivity contribution in [2.24, 2.45) is 0 Å². The van der Waals surface area contributed by atoms with Crippen LogP contribution in [0.3, 0.4) is 0 Å². The van der Waals surface area contributed by atoms with Crippen LogP contribution >= 0.6 is 7.60 Å². The van der Waals surface area contributed by atoms with Crippen LogP contribution in [0, 0.1) is 0 Å². The van der Waals surface area contributed by atoms with Gasteiger partial charge in [0.25, 0.3) is 0 Å². The first-order valence-corrected chi connectivity index (χ1v) is 18.8. The summed E-state index contributed by atoms with van der Waals surface area (Å²) in [5.41, 5.74) is 6.94. The molecule has 0 aromatic carbocycles. The maximum Gasteiger partial charge on any atom is 0.356 e. The third kappa shape index (κ3) is 16.1. The highest BCUT2D eigenvalue weighted by Crippen LogP contribution is 2.48. The Morgan fingerprint density at radius 3 is 2.09 bits per heavy atom. The number of aliphatic hydroxyl groups is 1. The second-order valence-electron chi connectivity index (χ2n) is 11.7. The monoisotopic (exact) mass is 641 g/mol. The summed E-state index contributed by atoms with van der Waals surface area (Å²) in [5.74, 6) is 0.291. The van der Waals surface area contributed by atoms with E-state index in [1.54, 1.807) is 17.8 Å². The van der Waals surface area contributed by atoms with Gasteiger partial charge in [-0.1, -0.05) is 96.8 Å². The van der Waals surface area contributed by atoms with E-state index in [4.69, 9.17) is 24.3 Å².